The summed E-state index contributed by atoms with van der Waals surface area (Å²) in [4.78, 5) is 12.2. The van der Waals surface area contributed by atoms with Crippen molar-refractivity contribution in [3.8, 4) is 0 Å². The van der Waals surface area contributed by atoms with Gasteiger partial charge in [-0.25, -0.2) is 12.7 Å². The second kappa shape index (κ2) is 5.79. The first-order valence-electron chi connectivity index (χ1n) is 6.07. The first kappa shape index (κ1) is 15.4. The summed E-state index contributed by atoms with van der Waals surface area (Å²) >= 11 is 11.8. The van der Waals surface area contributed by atoms with Gasteiger partial charge in [0.15, 0.2) is 0 Å². The topological polar surface area (TPSA) is 66.5 Å². The molecule has 1 saturated heterocycles. The van der Waals surface area contributed by atoms with Crippen LogP contribution in [0.1, 0.15) is 13.3 Å². The number of amides is 1. The Morgan fingerprint density at radius 1 is 1.40 bits per heavy atom. The number of nitrogens with one attached hydrogen (secondary N) is 1. The smallest absolute Gasteiger partial charge is 0.258 e. The van der Waals surface area contributed by atoms with Gasteiger partial charge in [0, 0.05) is 11.6 Å². The Morgan fingerprint density at radius 3 is 2.65 bits per heavy atom. The highest BCUT2D eigenvalue weighted by molar-refractivity contribution is 7.89. The molecule has 0 unspecified atom stereocenters. The van der Waals surface area contributed by atoms with Gasteiger partial charge in [0.2, 0.25) is 10.0 Å². The van der Waals surface area contributed by atoms with Gasteiger partial charge in [-0.15, -0.1) is 0 Å². The third-order valence-corrected chi connectivity index (χ3v) is 5.41. The van der Waals surface area contributed by atoms with Crippen LogP contribution >= 0.6 is 23.2 Å². The van der Waals surface area contributed by atoms with Crippen LogP contribution in [0.2, 0.25) is 10.0 Å². The van der Waals surface area contributed by atoms with E-state index in [2.05, 4.69) is 5.32 Å². The molecule has 8 heteroatoms. The van der Waals surface area contributed by atoms with Crippen molar-refractivity contribution in [1.29, 1.82) is 0 Å². The highest BCUT2D eigenvalue weighted by atomic mass is 35.5. The third-order valence-electron chi connectivity index (χ3n) is 3.02. The van der Waals surface area contributed by atoms with Gasteiger partial charge < -0.3 is 5.32 Å². The summed E-state index contributed by atoms with van der Waals surface area (Å²) in [6, 6.07) is 4.14. The number of hydrogen-bond acceptors (Lipinski definition) is 4. The van der Waals surface area contributed by atoms with E-state index in [-0.39, 0.29) is 12.3 Å². The molecule has 110 valence electrons. The van der Waals surface area contributed by atoms with Crippen LogP contribution in [0.25, 0.3) is 0 Å². The van der Waals surface area contributed by atoms with E-state index in [1.807, 2.05) is 0 Å². The van der Waals surface area contributed by atoms with Gasteiger partial charge in [-0.1, -0.05) is 23.2 Å². The SMILES string of the molecule is C[C@@H](Nc1ccc(Cl)cc1Cl)C(=O)N1CCCS1(=O)=O. The predicted molar refractivity (Wildman–Crippen MR) is 79.7 cm³/mol. The van der Waals surface area contributed by atoms with E-state index in [0.29, 0.717) is 22.2 Å². The fourth-order valence-electron chi connectivity index (χ4n) is 2.00. The summed E-state index contributed by atoms with van der Waals surface area (Å²) in [6.07, 6.45) is 0.475. The van der Waals surface area contributed by atoms with Crippen LogP contribution < -0.4 is 5.32 Å². The Hall–Kier alpha value is -0.980. The lowest BCUT2D eigenvalue weighted by Gasteiger charge is -2.21. The second-order valence-electron chi connectivity index (χ2n) is 4.57. The summed E-state index contributed by atoms with van der Waals surface area (Å²) in [6.45, 7) is 1.84. The molecule has 0 saturated carbocycles. The molecule has 0 spiro atoms. The van der Waals surface area contributed by atoms with Crippen molar-refractivity contribution >= 4 is 44.8 Å². The van der Waals surface area contributed by atoms with E-state index in [9.17, 15) is 13.2 Å². The van der Waals surface area contributed by atoms with Gasteiger partial charge in [-0.05, 0) is 31.5 Å². The molecule has 1 aliphatic rings. The lowest BCUT2D eigenvalue weighted by atomic mass is 10.2. The molecule has 20 heavy (non-hydrogen) atoms. The monoisotopic (exact) mass is 336 g/mol. The molecule has 1 aromatic rings. The minimum absolute atomic E-state index is 0.0210. The fraction of sp³-hybridized carbons (Fsp3) is 0.417. The van der Waals surface area contributed by atoms with Crippen LogP contribution in [0.4, 0.5) is 5.69 Å². The fourth-order valence-corrected chi connectivity index (χ4v) is 4.02. The van der Waals surface area contributed by atoms with E-state index in [0.717, 1.165) is 4.31 Å². The zero-order chi connectivity index (χ0) is 14.9. The predicted octanol–water partition coefficient (Wildman–Crippen LogP) is 2.36. The van der Waals surface area contributed by atoms with Crippen LogP contribution in [-0.2, 0) is 14.8 Å². The highest BCUT2D eigenvalue weighted by Gasteiger charge is 2.34. The van der Waals surface area contributed by atoms with Crippen LogP contribution in [-0.4, -0.2) is 37.0 Å². The molecule has 5 nitrogen and oxygen atoms in total. The van der Waals surface area contributed by atoms with E-state index in [1.54, 1.807) is 25.1 Å². The van der Waals surface area contributed by atoms with Crippen LogP contribution in [0, 0.1) is 0 Å². The quantitative estimate of drug-likeness (QED) is 0.920. The minimum atomic E-state index is -3.45. The van der Waals surface area contributed by atoms with Crippen molar-refractivity contribution in [2.75, 3.05) is 17.6 Å². The molecular formula is C12H14Cl2N2O3S. The van der Waals surface area contributed by atoms with Crippen molar-refractivity contribution in [1.82, 2.24) is 4.31 Å². The van der Waals surface area contributed by atoms with Gasteiger partial charge in [-0.2, -0.15) is 0 Å². The van der Waals surface area contributed by atoms with Gasteiger partial charge in [0.1, 0.15) is 6.04 Å². The van der Waals surface area contributed by atoms with Crippen molar-refractivity contribution in [3.05, 3.63) is 28.2 Å². The van der Waals surface area contributed by atoms with E-state index in [4.69, 9.17) is 23.2 Å². The largest absolute Gasteiger partial charge is 0.373 e. The first-order chi connectivity index (χ1) is 9.31. The standard InChI is InChI=1S/C12H14Cl2N2O3S/c1-8(12(17)16-5-2-6-20(16,18)19)15-11-4-3-9(13)7-10(11)14/h3-4,7-8,15H,2,5-6H2,1H3/t8-/m1/s1. The summed E-state index contributed by atoms with van der Waals surface area (Å²) < 4.78 is 24.3. The number of rotatable bonds is 3. The summed E-state index contributed by atoms with van der Waals surface area (Å²) in [5.41, 5.74) is 0.536. The van der Waals surface area contributed by atoms with Crippen LogP contribution in [0.15, 0.2) is 18.2 Å². The average Bonchev–Trinajstić information content (AvgIpc) is 2.71. The normalized spacial score (nSPS) is 18.9. The van der Waals surface area contributed by atoms with Crippen LogP contribution in [0.5, 0.6) is 0 Å². The number of halogens is 2. The number of nitrogens with zero attached hydrogens (tertiary/aromatic N) is 1. The second-order valence-corrected chi connectivity index (χ2v) is 7.43. The Morgan fingerprint density at radius 2 is 2.10 bits per heavy atom. The summed E-state index contributed by atoms with van der Waals surface area (Å²) in [5, 5.41) is 3.77. The maximum absolute atomic E-state index is 12.2. The van der Waals surface area contributed by atoms with E-state index in [1.165, 1.54) is 0 Å². The van der Waals surface area contributed by atoms with Crippen molar-refractivity contribution in [2.45, 2.75) is 19.4 Å². The molecule has 1 aromatic carbocycles. The van der Waals surface area contributed by atoms with Gasteiger partial charge in [-0.3, -0.25) is 4.79 Å². The molecule has 0 radical (unpaired) electrons. The Balaban J connectivity index is 2.12. The highest BCUT2D eigenvalue weighted by Crippen LogP contribution is 2.26. The molecule has 0 aromatic heterocycles. The molecular weight excluding hydrogens is 323 g/mol. The first-order valence-corrected chi connectivity index (χ1v) is 8.43. The number of carbonyl (C=O) groups excluding carboxylic acids is 1. The van der Waals surface area contributed by atoms with Gasteiger partial charge in [0.25, 0.3) is 5.91 Å². The number of hydrogen-bond donors (Lipinski definition) is 1. The molecule has 1 atom stereocenters. The minimum Gasteiger partial charge on any atom is -0.373 e. The van der Waals surface area contributed by atoms with E-state index < -0.39 is 22.0 Å². The maximum Gasteiger partial charge on any atom is 0.258 e. The molecule has 0 bridgehead atoms. The molecule has 1 N–H and O–H groups in total. The van der Waals surface area contributed by atoms with Gasteiger partial charge >= 0.3 is 0 Å². The van der Waals surface area contributed by atoms with Gasteiger partial charge in [0.05, 0.1) is 16.5 Å². The molecule has 1 heterocycles. The molecule has 1 amide bonds. The number of carbonyl (C=O) groups is 1. The zero-order valence-corrected chi connectivity index (χ0v) is 13.1. The molecule has 1 aliphatic heterocycles. The maximum atomic E-state index is 12.2. The van der Waals surface area contributed by atoms with Crippen molar-refractivity contribution in [3.63, 3.8) is 0 Å². The Bertz CT molecular complexity index is 634. The average molecular weight is 337 g/mol. The summed E-state index contributed by atoms with van der Waals surface area (Å²) in [7, 11) is -3.45. The number of sulfonamides is 1. The molecule has 0 aliphatic carbocycles. The summed E-state index contributed by atoms with van der Waals surface area (Å²) in [5.74, 6) is -0.457. The van der Waals surface area contributed by atoms with Crippen molar-refractivity contribution in [2.24, 2.45) is 0 Å². The molecule has 1 fully saturated rings. The zero-order valence-electron chi connectivity index (χ0n) is 10.8. The van der Waals surface area contributed by atoms with Crippen LogP contribution in [0.3, 0.4) is 0 Å². The van der Waals surface area contributed by atoms with E-state index >= 15 is 0 Å². The number of anilines is 1. The molecule has 2 rings (SSSR count). The Kier molecular flexibility index (Phi) is 4.46. The lowest BCUT2D eigenvalue weighted by Crippen LogP contribution is -2.42. The lowest BCUT2D eigenvalue weighted by molar-refractivity contribution is -0.126. The third kappa shape index (κ3) is 3.19. The Labute approximate surface area is 127 Å². The van der Waals surface area contributed by atoms with Crippen molar-refractivity contribution < 1.29 is 13.2 Å². The number of benzene rings is 1.